The Hall–Kier alpha value is -5.98. The van der Waals surface area contributed by atoms with Gasteiger partial charge in [0.05, 0.1) is 58.8 Å². The van der Waals surface area contributed by atoms with Crippen molar-refractivity contribution in [3.05, 3.63) is 141 Å². The third-order valence-corrected chi connectivity index (χ3v) is 16.7. The molecule has 0 bridgehead atoms. The molecular formula is C58H66N6O4S2. The molecule has 12 heteroatoms. The Morgan fingerprint density at radius 2 is 0.957 bits per heavy atom. The zero-order valence-electron chi connectivity index (χ0n) is 42.3. The molecule has 4 aromatic heterocycles. The minimum Gasteiger partial charge on any atom is -0.465 e. The largest absolute Gasteiger partial charge is 0.465 e. The lowest BCUT2D eigenvalue weighted by molar-refractivity contribution is 0.0592. The number of nitrogens with zero attached hydrogens (tertiary/aromatic N) is 6. The highest BCUT2D eigenvalue weighted by Gasteiger charge is 2.36. The van der Waals surface area contributed by atoms with Crippen LogP contribution in [0.15, 0.2) is 97.1 Å². The number of hydrogen-bond donors (Lipinski definition) is 0. The van der Waals surface area contributed by atoms with Crippen molar-refractivity contribution in [3.8, 4) is 21.1 Å². The number of thiazole rings is 2. The highest BCUT2D eigenvalue weighted by atomic mass is 32.1. The van der Waals surface area contributed by atoms with E-state index in [1.807, 2.05) is 48.5 Å². The lowest BCUT2D eigenvalue weighted by Crippen LogP contribution is -2.30. The number of esters is 2. The van der Waals surface area contributed by atoms with Crippen LogP contribution in [0.25, 0.3) is 43.2 Å². The predicted octanol–water partition coefficient (Wildman–Crippen LogP) is 14.5. The second-order valence-corrected chi connectivity index (χ2v) is 23.6. The standard InChI is InChI=1S/2C29H33N3O2S/c2*1-18-13-22(17-29(3,4)16-18)32-24-12-11-21(28(33)34-5)14-23(24)31-26(32)15-25-19(2)30-27(35-25)20-9-7-6-8-10-20/h2*6-12,14,18,22H,13,15-17H2,1-5H3/t2*18-,22+/m10/s1. The first-order valence-electron chi connectivity index (χ1n) is 24.7. The summed E-state index contributed by atoms with van der Waals surface area (Å²) in [4.78, 5) is 46.8. The summed E-state index contributed by atoms with van der Waals surface area (Å²) in [6.45, 7) is 18.4. The molecule has 70 heavy (non-hydrogen) atoms. The van der Waals surface area contributed by atoms with Gasteiger partial charge in [-0.05, 0) is 111 Å². The molecule has 0 N–H and O–H groups in total. The minimum absolute atomic E-state index is 0.281. The molecule has 2 aliphatic rings. The third kappa shape index (κ3) is 10.5. The van der Waals surface area contributed by atoms with E-state index in [1.54, 1.807) is 22.7 Å². The van der Waals surface area contributed by atoms with E-state index in [-0.39, 0.29) is 22.8 Å². The average molecular weight is 975 g/mol. The molecule has 364 valence electrons. The molecule has 0 unspecified atom stereocenters. The molecule has 0 radical (unpaired) electrons. The normalized spacial score (nSPS) is 19.7. The molecule has 8 aromatic rings. The van der Waals surface area contributed by atoms with Gasteiger partial charge in [0.25, 0.3) is 0 Å². The van der Waals surface area contributed by atoms with Gasteiger partial charge in [0.1, 0.15) is 21.7 Å². The summed E-state index contributed by atoms with van der Waals surface area (Å²) >= 11 is 3.49. The van der Waals surface area contributed by atoms with Crippen molar-refractivity contribution >= 4 is 56.7 Å². The first-order chi connectivity index (χ1) is 33.5. The van der Waals surface area contributed by atoms with Crippen molar-refractivity contribution < 1.29 is 19.1 Å². The van der Waals surface area contributed by atoms with Gasteiger partial charge in [-0.2, -0.15) is 0 Å². The van der Waals surface area contributed by atoms with E-state index in [9.17, 15) is 9.59 Å². The van der Waals surface area contributed by atoms with Crippen LogP contribution in [-0.2, 0) is 22.3 Å². The first-order valence-corrected chi connectivity index (χ1v) is 26.3. The second-order valence-electron chi connectivity index (χ2n) is 21.5. The fourth-order valence-corrected chi connectivity index (χ4v) is 13.8. The number of imidazole rings is 2. The molecule has 0 saturated heterocycles. The van der Waals surface area contributed by atoms with Crippen molar-refractivity contribution in [1.29, 1.82) is 0 Å². The summed E-state index contributed by atoms with van der Waals surface area (Å²) < 4.78 is 14.8. The maximum Gasteiger partial charge on any atom is 0.337 e. The molecule has 2 fully saturated rings. The van der Waals surface area contributed by atoms with Crippen molar-refractivity contribution in [2.24, 2.45) is 22.7 Å². The monoisotopic (exact) mass is 974 g/mol. The summed E-state index contributed by atoms with van der Waals surface area (Å²) in [5.74, 6) is 2.73. The maximum absolute atomic E-state index is 12.2. The van der Waals surface area contributed by atoms with Crippen LogP contribution >= 0.6 is 22.7 Å². The number of carbonyl (C=O) groups excluding carboxylic acids is 2. The molecule has 4 atom stereocenters. The smallest absolute Gasteiger partial charge is 0.337 e. The predicted molar refractivity (Wildman–Crippen MR) is 284 cm³/mol. The number of benzene rings is 4. The van der Waals surface area contributed by atoms with E-state index >= 15 is 0 Å². The van der Waals surface area contributed by atoms with Crippen molar-refractivity contribution in [3.63, 3.8) is 0 Å². The molecule has 10 rings (SSSR count). The molecule has 0 amide bonds. The molecule has 10 nitrogen and oxygen atoms in total. The van der Waals surface area contributed by atoms with Crippen LogP contribution < -0.4 is 0 Å². The Morgan fingerprint density at radius 1 is 0.571 bits per heavy atom. The fraction of sp³-hybridized carbons (Fsp3) is 0.414. The lowest BCUT2D eigenvalue weighted by atomic mass is 9.70. The van der Waals surface area contributed by atoms with Crippen molar-refractivity contribution in [1.82, 2.24) is 29.1 Å². The van der Waals surface area contributed by atoms with E-state index in [1.165, 1.54) is 36.8 Å². The van der Waals surface area contributed by atoms with Gasteiger partial charge < -0.3 is 18.6 Å². The highest BCUT2D eigenvalue weighted by Crippen LogP contribution is 2.47. The van der Waals surface area contributed by atoms with Crippen LogP contribution in [-0.4, -0.2) is 55.2 Å². The van der Waals surface area contributed by atoms with Crippen LogP contribution in [0.4, 0.5) is 0 Å². The zero-order valence-corrected chi connectivity index (χ0v) is 44.0. The second kappa shape index (κ2) is 20.0. The van der Waals surface area contributed by atoms with Crippen LogP contribution in [0.5, 0.6) is 0 Å². The minimum atomic E-state index is -0.332. The van der Waals surface area contributed by atoms with E-state index in [0.717, 1.165) is 105 Å². The Morgan fingerprint density at radius 3 is 1.31 bits per heavy atom. The number of hydrogen-bond acceptors (Lipinski definition) is 10. The van der Waals surface area contributed by atoms with Gasteiger partial charge in [0.2, 0.25) is 0 Å². The van der Waals surface area contributed by atoms with E-state index in [4.69, 9.17) is 29.4 Å². The number of fused-ring (bicyclic) bond motifs is 2. The van der Waals surface area contributed by atoms with Gasteiger partial charge in [0, 0.05) is 45.8 Å². The fourth-order valence-electron chi connectivity index (χ4n) is 11.7. The van der Waals surface area contributed by atoms with E-state index in [2.05, 4.69) is 113 Å². The molecule has 4 aromatic carbocycles. The van der Waals surface area contributed by atoms with Gasteiger partial charge in [-0.3, -0.25) is 0 Å². The Labute approximate surface area is 420 Å². The van der Waals surface area contributed by atoms with Gasteiger partial charge in [-0.25, -0.2) is 29.5 Å². The Balaban J connectivity index is 0.000000174. The molecule has 0 aliphatic heterocycles. The zero-order chi connectivity index (χ0) is 49.5. The van der Waals surface area contributed by atoms with Crippen LogP contribution in [0.2, 0.25) is 0 Å². The number of ether oxygens (including phenoxy) is 2. The Bertz CT molecular complexity index is 2950. The number of aryl methyl sites for hydroxylation is 2. The molecule has 0 spiro atoms. The first kappa shape index (κ1) is 49.0. The number of rotatable bonds is 10. The molecule has 2 aliphatic carbocycles. The number of carbonyl (C=O) groups is 2. The quantitative estimate of drug-likeness (QED) is 0.125. The summed E-state index contributed by atoms with van der Waals surface area (Å²) in [7, 11) is 2.83. The number of methoxy groups -OCH3 is 2. The molecule has 4 heterocycles. The molecular weight excluding hydrogens is 909 g/mol. The van der Waals surface area contributed by atoms with Crippen LogP contribution in [0.1, 0.15) is 146 Å². The van der Waals surface area contributed by atoms with Crippen LogP contribution in [0.3, 0.4) is 0 Å². The molecule has 2 saturated carbocycles. The van der Waals surface area contributed by atoms with Gasteiger partial charge in [0.15, 0.2) is 0 Å². The van der Waals surface area contributed by atoms with Gasteiger partial charge >= 0.3 is 11.9 Å². The van der Waals surface area contributed by atoms with Crippen molar-refractivity contribution in [2.45, 2.75) is 119 Å². The van der Waals surface area contributed by atoms with Crippen LogP contribution in [0, 0.1) is 36.5 Å². The Kier molecular flexibility index (Phi) is 14.0. The maximum atomic E-state index is 12.2. The van der Waals surface area contributed by atoms with Gasteiger partial charge in [-0.1, -0.05) is 102 Å². The summed E-state index contributed by atoms with van der Waals surface area (Å²) in [6.07, 6.45) is 8.44. The summed E-state index contributed by atoms with van der Waals surface area (Å²) in [6, 6.07) is 33.0. The van der Waals surface area contributed by atoms with Crippen molar-refractivity contribution in [2.75, 3.05) is 14.2 Å². The van der Waals surface area contributed by atoms with E-state index in [0.29, 0.717) is 35.0 Å². The lowest BCUT2D eigenvalue weighted by Gasteiger charge is -2.40. The SMILES string of the molecule is COC(=O)c1ccc2c(c1)nc(Cc1sc(-c3ccccc3)nc1C)n2[C@@H]1C[C@H](C)CC(C)(C)C1.COC(=O)c1ccc2c(c1)nc(Cc1sc(-c3ccccc3)nc1C)n2[C@H]1C[C@@H](C)CC(C)(C)C1. The average Bonchev–Trinajstić information content (AvgIpc) is 4.09. The highest BCUT2D eigenvalue weighted by molar-refractivity contribution is 7.15. The summed E-state index contributed by atoms with van der Waals surface area (Å²) in [5.41, 5.74) is 9.92. The number of aromatic nitrogens is 6. The van der Waals surface area contributed by atoms with E-state index < -0.39 is 0 Å². The van der Waals surface area contributed by atoms with Gasteiger partial charge in [-0.15, -0.1) is 22.7 Å². The summed E-state index contributed by atoms with van der Waals surface area (Å²) in [5, 5.41) is 2.09. The third-order valence-electron chi connectivity index (χ3n) is 14.3. The topological polar surface area (TPSA) is 114 Å².